The monoisotopic (exact) mass is 639 g/mol. The van der Waals surface area contributed by atoms with Crippen molar-refractivity contribution < 1.29 is 41.3 Å². The maximum absolute atomic E-state index is 16.5. The van der Waals surface area contributed by atoms with Gasteiger partial charge in [-0.05, 0) is 35.6 Å². The van der Waals surface area contributed by atoms with Gasteiger partial charge >= 0.3 is 22.3 Å². The number of fused-ring (bicyclic) bond motifs is 1. The Kier molecular flexibility index (Phi) is 11.1. The molecule has 238 valence electrons. The van der Waals surface area contributed by atoms with Crippen molar-refractivity contribution in [1.29, 1.82) is 0 Å². The van der Waals surface area contributed by atoms with Crippen molar-refractivity contribution in [1.82, 2.24) is 9.71 Å². The van der Waals surface area contributed by atoms with Crippen molar-refractivity contribution >= 4 is 38.9 Å². The molecular formula is C32H34FN3O8S. The number of methoxy groups -OCH3 is 1. The van der Waals surface area contributed by atoms with Gasteiger partial charge in [0.15, 0.2) is 5.82 Å². The minimum atomic E-state index is -4.99. The number of carbonyl (C=O) groups is 2. The quantitative estimate of drug-likeness (QED) is 0.177. The number of nitrogens with zero attached hydrogens (tertiary/aromatic N) is 2. The maximum Gasteiger partial charge on any atom is 0.422 e. The highest BCUT2D eigenvalue weighted by Gasteiger charge is 2.34. The van der Waals surface area contributed by atoms with Crippen LogP contribution in [0.4, 0.5) is 14.9 Å². The van der Waals surface area contributed by atoms with Crippen molar-refractivity contribution in [3.8, 4) is 11.6 Å². The van der Waals surface area contributed by atoms with E-state index >= 15 is 4.39 Å². The number of benzene rings is 3. The van der Waals surface area contributed by atoms with Gasteiger partial charge in [0.05, 0.1) is 13.7 Å². The lowest BCUT2D eigenvalue weighted by Gasteiger charge is -2.26. The second-order valence-corrected chi connectivity index (χ2v) is 11.9. The van der Waals surface area contributed by atoms with E-state index in [0.717, 1.165) is 13.5 Å². The summed E-state index contributed by atoms with van der Waals surface area (Å²) in [6.45, 7) is 3.08. The van der Waals surface area contributed by atoms with Crippen molar-refractivity contribution in [3.05, 3.63) is 95.8 Å². The second kappa shape index (κ2) is 15.2. The molecule has 0 spiro atoms. The third kappa shape index (κ3) is 9.05. The molecule has 4 aromatic rings. The SMILES string of the molecule is COC(=O)CN(c1c(OCc2ccccc2)cc2ccc(OCCC(C)C)nc2c1F)S(=O)(=O)NC(=O)OCc1ccccc1. The molecule has 11 nitrogen and oxygen atoms in total. The van der Waals surface area contributed by atoms with Crippen LogP contribution in [0.3, 0.4) is 0 Å². The van der Waals surface area contributed by atoms with E-state index in [2.05, 4.69) is 4.98 Å². The summed E-state index contributed by atoms with van der Waals surface area (Å²) in [7, 11) is -3.94. The normalized spacial score (nSPS) is 11.2. The molecule has 0 atom stereocenters. The molecule has 0 aliphatic rings. The van der Waals surface area contributed by atoms with Gasteiger partial charge < -0.3 is 18.9 Å². The molecule has 13 heteroatoms. The molecule has 45 heavy (non-hydrogen) atoms. The van der Waals surface area contributed by atoms with Gasteiger partial charge in [-0.25, -0.2) is 23.2 Å². The van der Waals surface area contributed by atoms with Gasteiger partial charge in [-0.15, -0.1) is 0 Å². The zero-order valence-corrected chi connectivity index (χ0v) is 25.9. The van der Waals surface area contributed by atoms with E-state index in [1.807, 2.05) is 19.9 Å². The van der Waals surface area contributed by atoms with E-state index in [1.54, 1.807) is 71.5 Å². The van der Waals surface area contributed by atoms with Gasteiger partial charge in [0.1, 0.15) is 36.7 Å². The highest BCUT2D eigenvalue weighted by Crippen LogP contribution is 2.39. The first-order valence-electron chi connectivity index (χ1n) is 14.1. The lowest BCUT2D eigenvalue weighted by molar-refractivity contribution is -0.138. The number of amides is 1. The number of nitrogens with one attached hydrogen (secondary N) is 1. The molecule has 1 aromatic heterocycles. The van der Waals surface area contributed by atoms with E-state index in [0.29, 0.717) is 28.0 Å². The first-order valence-corrected chi connectivity index (χ1v) is 15.5. The lowest BCUT2D eigenvalue weighted by atomic mass is 10.1. The zero-order chi connectivity index (χ0) is 32.4. The van der Waals surface area contributed by atoms with Crippen LogP contribution in [0.2, 0.25) is 0 Å². The Balaban J connectivity index is 1.75. The highest BCUT2D eigenvalue weighted by molar-refractivity contribution is 7.91. The molecule has 0 bridgehead atoms. The molecule has 0 radical (unpaired) electrons. The molecule has 4 rings (SSSR count). The molecular weight excluding hydrogens is 605 g/mol. The highest BCUT2D eigenvalue weighted by atomic mass is 32.2. The number of pyridine rings is 1. The Bertz CT molecular complexity index is 1720. The summed E-state index contributed by atoms with van der Waals surface area (Å²) in [5, 5.41) is 0.279. The van der Waals surface area contributed by atoms with E-state index in [9.17, 15) is 18.0 Å². The molecule has 1 heterocycles. The Morgan fingerprint density at radius 3 is 2.20 bits per heavy atom. The summed E-state index contributed by atoms with van der Waals surface area (Å²) in [5.74, 6) is -1.91. The summed E-state index contributed by atoms with van der Waals surface area (Å²) in [5.41, 5.74) is 0.405. The number of aromatic nitrogens is 1. The van der Waals surface area contributed by atoms with Gasteiger partial charge in [-0.3, -0.25) is 4.79 Å². The van der Waals surface area contributed by atoms with Crippen molar-refractivity contribution in [2.45, 2.75) is 33.5 Å². The molecule has 1 amide bonds. The molecule has 0 unspecified atom stereocenters. The van der Waals surface area contributed by atoms with Crippen LogP contribution >= 0.6 is 0 Å². The number of esters is 1. The van der Waals surface area contributed by atoms with Crippen molar-refractivity contribution in [2.24, 2.45) is 5.92 Å². The Labute approximate surface area is 261 Å². The number of ether oxygens (including phenoxy) is 4. The summed E-state index contributed by atoms with van der Waals surface area (Å²) in [4.78, 5) is 29.3. The Morgan fingerprint density at radius 1 is 0.933 bits per heavy atom. The minimum Gasteiger partial charge on any atom is -0.487 e. The summed E-state index contributed by atoms with van der Waals surface area (Å²) < 4.78 is 67.3. The predicted octanol–water partition coefficient (Wildman–Crippen LogP) is 5.53. The smallest absolute Gasteiger partial charge is 0.422 e. The third-order valence-electron chi connectivity index (χ3n) is 6.48. The molecule has 0 saturated heterocycles. The van der Waals surface area contributed by atoms with E-state index < -0.39 is 40.3 Å². The number of hydrogen-bond donors (Lipinski definition) is 1. The molecule has 0 saturated carbocycles. The third-order valence-corrected chi connectivity index (χ3v) is 7.80. The fourth-order valence-electron chi connectivity index (χ4n) is 4.11. The number of rotatable bonds is 14. The van der Waals surface area contributed by atoms with Crippen molar-refractivity contribution in [3.63, 3.8) is 0 Å². The summed E-state index contributed by atoms with van der Waals surface area (Å²) in [6, 6.07) is 22.0. The summed E-state index contributed by atoms with van der Waals surface area (Å²) >= 11 is 0. The van der Waals surface area contributed by atoms with E-state index in [1.165, 1.54) is 6.07 Å². The second-order valence-electron chi connectivity index (χ2n) is 10.3. The van der Waals surface area contributed by atoms with E-state index in [4.69, 9.17) is 18.9 Å². The van der Waals surface area contributed by atoms with Crippen LogP contribution < -0.4 is 18.5 Å². The maximum atomic E-state index is 16.5. The Hall–Kier alpha value is -4.91. The molecule has 0 aliphatic heterocycles. The number of anilines is 1. The van der Waals surface area contributed by atoms with Crippen molar-refractivity contribution in [2.75, 3.05) is 24.6 Å². The van der Waals surface area contributed by atoms with Crippen LogP contribution in [0.15, 0.2) is 78.9 Å². The van der Waals surface area contributed by atoms with Crippen LogP contribution in [0, 0.1) is 11.7 Å². The van der Waals surface area contributed by atoms with Crippen LogP contribution in [0.5, 0.6) is 11.6 Å². The average molecular weight is 640 g/mol. The average Bonchev–Trinajstić information content (AvgIpc) is 3.02. The van der Waals surface area contributed by atoms with Gasteiger partial charge in [-0.2, -0.15) is 8.42 Å². The van der Waals surface area contributed by atoms with Crippen LogP contribution in [-0.4, -0.2) is 45.7 Å². The molecule has 0 fully saturated rings. The number of hydrogen-bond acceptors (Lipinski definition) is 9. The molecule has 3 aromatic carbocycles. The minimum absolute atomic E-state index is 0.0682. The zero-order valence-electron chi connectivity index (χ0n) is 25.1. The largest absolute Gasteiger partial charge is 0.487 e. The van der Waals surface area contributed by atoms with Gasteiger partial charge in [-0.1, -0.05) is 74.5 Å². The number of carbonyl (C=O) groups excluding carboxylic acids is 2. The first-order chi connectivity index (χ1) is 21.6. The topological polar surface area (TPSA) is 133 Å². The van der Waals surface area contributed by atoms with Crippen LogP contribution in [0.1, 0.15) is 31.4 Å². The van der Waals surface area contributed by atoms with Crippen LogP contribution in [-0.2, 0) is 37.7 Å². The first kappa shape index (κ1) is 33.0. The van der Waals surface area contributed by atoms with E-state index in [-0.39, 0.29) is 35.7 Å². The summed E-state index contributed by atoms with van der Waals surface area (Å²) in [6.07, 6.45) is -0.614. The van der Waals surface area contributed by atoms with Gasteiger partial charge in [0.2, 0.25) is 5.88 Å². The molecule has 1 N–H and O–H groups in total. The molecule has 0 aliphatic carbocycles. The number of halogens is 1. The van der Waals surface area contributed by atoms with Crippen LogP contribution in [0.25, 0.3) is 10.9 Å². The fraction of sp³-hybridized carbons (Fsp3) is 0.281. The lowest BCUT2D eigenvalue weighted by Crippen LogP contribution is -2.46. The standard InChI is InChI=1S/C32H34FN3O8S/c1-22(2)16-17-42-27-15-14-25-18-26(43-20-23-10-6-4-7-11-23)31(29(33)30(25)34-27)36(19-28(37)41-3)45(39,40)35-32(38)44-21-24-12-8-5-9-13-24/h4-15,18,22H,16-17,19-21H2,1-3H3,(H,35,38). The predicted molar refractivity (Wildman–Crippen MR) is 165 cm³/mol. The Morgan fingerprint density at radius 2 is 1.58 bits per heavy atom. The van der Waals surface area contributed by atoms with Gasteiger partial charge in [0.25, 0.3) is 0 Å². The van der Waals surface area contributed by atoms with Gasteiger partial charge in [0, 0.05) is 11.5 Å². The fourth-order valence-corrected chi connectivity index (χ4v) is 5.18.